The summed E-state index contributed by atoms with van der Waals surface area (Å²) < 4.78 is 0. The maximum absolute atomic E-state index is 12.1. The molecular formula is C17H20N2OS. The fourth-order valence-corrected chi connectivity index (χ4v) is 3.57. The third-order valence-corrected chi connectivity index (χ3v) is 4.80. The van der Waals surface area contributed by atoms with Crippen molar-refractivity contribution in [2.24, 2.45) is 0 Å². The van der Waals surface area contributed by atoms with Gasteiger partial charge >= 0.3 is 0 Å². The number of thiophene rings is 1. The van der Waals surface area contributed by atoms with E-state index in [0.29, 0.717) is 12.6 Å². The smallest absolute Gasteiger partial charge is 0.238 e. The predicted octanol–water partition coefficient (Wildman–Crippen LogP) is 3.89. The Morgan fingerprint density at radius 2 is 1.95 bits per heavy atom. The van der Waals surface area contributed by atoms with Crippen molar-refractivity contribution in [3.05, 3.63) is 41.8 Å². The molecule has 0 aliphatic heterocycles. The third kappa shape index (κ3) is 3.71. The van der Waals surface area contributed by atoms with E-state index in [9.17, 15) is 4.79 Å². The van der Waals surface area contributed by atoms with Crippen LogP contribution in [0.15, 0.2) is 41.8 Å². The lowest BCUT2D eigenvalue weighted by Crippen LogP contribution is -2.34. The molecule has 1 heterocycles. The fraction of sp³-hybridized carbons (Fsp3) is 0.353. The molecule has 4 heteroatoms. The van der Waals surface area contributed by atoms with Gasteiger partial charge in [-0.25, -0.2) is 0 Å². The summed E-state index contributed by atoms with van der Waals surface area (Å²) >= 11 is 1.68. The number of benzene rings is 1. The zero-order chi connectivity index (χ0) is 14.5. The molecule has 0 unspecified atom stereocenters. The van der Waals surface area contributed by atoms with Crippen molar-refractivity contribution in [3.8, 4) is 10.4 Å². The molecule has 3 rings (SSSR count). The van der Waals surface area contributed by atoms with Crippen LogP contribution in [0.2, 0.25) is 0 Å². The van der Waals surface area contributed by atoms with Gasteiger partial charge in [-0.3, -0.25) is 4.79 Å². The van der Waals surface area contributed by atoms with Crippen molar-refractivity contribution in [2.75, 3.05) is 11.9 Å². The van der Waals surface area contributed by atoms with E-state index in [2.05, 4.69) is 22.1 Å². The molecule has 0 radical (unpaired) electrons. The van der Waals surface area contributed by atoms with Gasteiger partial charge in [0.2, 0.25) is 5.91 Å². The van der Waals surface area contributed by atoms with E-state index in [1.54, 1.807) is 11.3 Å². The molecule has 21 heavy (non-hydrogen) atoms. The average molecular weight is 300 g/mol. The molecule has 2 N–H and O–H groups in total. The van der Waals surface area contributed by atoms with Crippen molar-refractivity contribution in [1.29, 1.82) is 0 Å². The van der Waals surface area contributed by atoms with Crippen LogP contribution < -0.4 is 10.6 Å². The number of amides is 1. The monoisotopic (exact) mass is 300 g/mol. The van der Waals surface area contributed by atoms with E-state index in [4.69, 9.17) is 0 Å². The maximum atomic E-state index is 12.1. The fourth-order valence-electron chi connectivity index (χ4n) is 2.80. The largest absolute Gasteiger partial charge is 0.324 e. The van der Waals surface area contributed by atoms with Gasteiger partial charge in [0.05, 0.1) is 6.54 Å². The first-order valence-corrected chi connectivity index (χ1v) is 8.37. The first-order chi connectivity index (χ1) is 10.3. The number of para-hydroxylation sites is 1. The van der Waals surface area contributed by atoms with Crippen molar-refractivity contribution in [3.63, 3.8) is 0 Å². The zero-order valence-corrected chi connectivity index (χ0v) is 12.8. The summed E-state index contributed by atoms with van der Waals surface area (Å²) in [6.07, 6.45) is 4.94. The molecule has 0 bridgehead atoms. The van der Waals surface area contributed by atoms with E-state index in [-0.39, 0.29) is 5.91 Å². The Kier molecular flexibility index (Phi) is 4.68. The summed E-state index contributed by atoms with van der Waals surface area (Å²) in [5.41, 5.74) is 1.97. The van der Waals surface area contributed by atoms with E-state index >= 15 is 0 Å². The predicted molar refractivity (Wildman–Crippen MR) is 88.6 cm³/mol. The van der Waals surface area contributed by atoms with Gasteiger partial charge in [-0.2, -0.15) is 0 Å². The Morgan fingerprint density at radius 1 is 1.14 bits per heavy atom. The molecule has 1 aromatic carbocycles. The first kappa shape index (κ1) is 14.3. The molecule has 1 aliphatic carbocycles. The van der Waals surface area contributed by atoms with E-state index in [1.807, 2.05) is 30.3 Å². The number of nitrogens with one attached hydrogen (secondary N) is 2. The normalized spacial score (nSPS) is 15.2. The summed E-state index contributed by atoms with van der Waals surface area (Å²) in [7, 11) is 0. The Morgan fingerprint density at radius 3 is 2.71 bits per heavy atom. The second-order valence-electron chi connectivity index (χ2n) is 5.43. The van der Waals surface area contributed by atoms with Crippen LogP contribution in [0.3, 0.4) is 0 Å². The molecular weight excluding hydrogens is 280 g/mol. The van der Waals surface area contributed by atoms with Gasteiger partial charge < -0.3 is 10.6 Å². The van der Waals surface area contributed by atoms with Crippen molar-refractivity contribution in [1.82, 2.24) is 5.32 Å². The van der Waals surface area contributed by atoms with Crippen LogP contribution in [-0.4, -0.2) is 18.5 Å². The Labute approximate surface area is 129 Å². The van der Waals surface area contributed by atoms with Gasteiger partial charge in [0.25, 0.3) is 0 Å². The van der Waals surface area contributed by atoms with Crippen LogP contribution in [-0.2, 0) is 4.79 Å². The summed E-state index contributed by atoms with van der Waals surface area (Å²) in [5.74, 6) is 0.0332. The maximum Gasteiger partial charge on any atom is 0.238 e. The molecule has 3 nitrogen and oxygen atoms in total. The molecule has 1 amide bonds. The zero-order valence-electron chi connectivity index (χ0n) is 12.0. The minimum atomic E-state index is 0.0332. The van der Waals surface area contributed by atoms with E-state index in [0.717, 1.165) is 11.3 Å². The SMILES string of the molecule is O=C(CNC1CCCC1)Nc1ccccc1-c1cccs1. The van der Waals surface area contributed by atoms with Crippen molar-refractivity contribution in [2.45, 2.75) is 31.7 Å². The number of carbonyl (C=O) groups is 1. The van der Waals surface area contributed by atoms with E-state index in [1.165, 1.54) is 30.6 Å². The molecule has 1 aromatic heterocycles. The van der Waals surface area contributed by atoms with Crippen molar-refractivity contribution >= 4 is 22.9 Å². The van der Waals surface area contributed by atoms with Gasteiger partial charge in [0.1, 0.15) is 0 Å². The Bertz CT molecular complexity index is 589. The number of anilines is 1. The van der Waals surface area contributed by atoms with Crippen LogP contribution in [0.1, 0.15) is 25.7 Å². The minimum absolute atomic E-state index is 0.0332. The highest BCUT2D eigenvalue weighted by atomic mass is 32.1. The average Bonchev–Trinajstić information content (AvgIpc) is 3.19. The summed E-state index contributed by atoms with van der Waals surface area (Å²) in [6, 6.07) is 12.6. The minimum Gasteiger partial charge on any atom is -0.324 e. The summed E-state index contributed by atoms with van der Waals surface area (Å²) in [6.45, 7) is 0.392. The quantitative estimate of drug-likeness (QED) is 0.879. The number of hydrogen-bond donors (Lipinski definition) is 2. The Balaban J connectivity index is 1.63. The highest BCUT2D eigenvalue weighted by Crippen LogP contribution is 2.31. The van der Waals surface area contributed by atoms with Gasteiger partial charge in [-0.15, -0.1) is 11.3 Å². The van der Waals surface area contributed by atoms with Crippen LogP contribution in [0.25, 0.3) is 10.4 Å². The third-order valence-electron chi connectivity index (χ3n) is 3.89. The number of carbonyl (C=O) groups excluding carboxylic acids is 1. The molecule has 0 atom stereocenters. The Hall–Kier alpha value is -1.65. The van der Waals surface area contributed by atoms with Crippen LogP contribution >= 0.6 is 11.3 Å². The van der Waals surface area contributed by atoms with E-state index < -0.39 is 0 Å². The second kappa shape index (κ2) is 6.87. The standard InChI is InChI=1S/C17H20N2OS/c20-17(12-18-13-6-1-2-7-13)19-15-9-4-3-8-14(15)16-10-5-11-21-16/h3-5,8-11,13,18H,1-2,6-7,12H2,(H,19,20). The highest BCUT2D eigenvalue weighted by molar-refractivity contribution is 7.13. The molecule has 1 fully saturated rings. The molecule has 1 saturated carbocycles. The van der Waals surface area contributed by atoms with Gasteiger partial charge in [0, 0.05) is 22.2 Å². The molecule has 0 spiro atoms. The van der Waals surface area contributed by atoms with Gasteiger partial charge in [-0.05, 0) is 30.4 Å². The van der Waals surface area contributed by atoms with Gasteiger partial charge in [0.15, 0.2) is 0 Å². The number of hydrogen-bond acceptors (Lipinski definition) is 3. The number of rotatable bonds is 5. The van der Waals surface area contributed by atoms with Gasteiger partial charge in [-0.1, -0.05) is 37.1 Å². The lowest BCUT2D eigenvalue weighted by molar-refractivity contribution is -0.115. The van der Waals surface area contributed by atoms with Crippen LogP contribution in [0, 0.1) is 0 Å². The lowest BCUT2D eigenvalue weighted by atomic mass is 10.1. The molecule has 1 aliphatic rings. The molecule has 0 saturated heterocycles. The summed E-state index contributed by atoms with van der Waals surface area (Å²) in [4.78, 5) is 13.3. The van der Waals surface area contributed by atoms with Crippen LogP contribution in [0.4, 0.5) is 5.69 Å². The molecule has 110 valence electrons. The van der Waals surface area contributed by atoms with Crippen molar-refractivity contribution < 1.29 is 4.79 Å². The lowest BCUT2D eigenvalue weighted by Gasteiger charge is -2.13. The second-order valence-corrected chi connectivity index (χ2v) is 6.38. The van der Waals surface area contributed by atoms with Crippen LogP contribution in [0.5, 0.6) is 0 Å². The summed E-state index contributed by atoms with van der Waals surface area (Å²) in [5, 5.41) is 8.43. The topological polar surface area (TPSA) is 41.1 Å². The highest BCUT2D eigenvalue weighted by Gasteiger charge is 2.15. The first-order valence-electron chi connectivity index (χ1n) is 7.49. The molecule has 2 aromatic rings.